The minimum atomic E-state index is -1.08. The van der Waals surface area contributed by atoms with Crippen molar-refractivity contribution in [3.05, 3.63) is 29.8 Å². The second kappa shape index (κ2) is 9.14. The molecule has 1 aliphatic rings. The lowest BCUT2D eigenvalue weighted by atomic mass is 9.54. The fourth-order valence-corrected chi connectivity index (χ4v) is 3.01. The SMILES string of the molecule is CCOC1CC(N)(C(=O)NCC(O)COc2ccc(F)c(F)c2)C1(C)C.Cl. The minimum absolute atomic E-state index is 0. The third kappa shape index (κ3) is 4.87. The van der Waals surface area contributed by atoms with Crippen LogP contribution in [-0.2, 0) is 9.53 Å². The first-order chi connectivity index (χ1) is 12.1. The van der Waals surface area contributed by atoms with Crippen molar-refractivity contribution in [2.45, 2.75) is 44.9 Å². The predicted octanol–water partition coefficient (Wildman–Crippen LogP) is 1.77. The van der Waals surface area contributed by atoms with E-state index in [1.807, 2.05) is 20.8 Å². The Hall–Kier alpha value is -1.48. The largest absolute Gasteiger partial charge is 0.491 e. The Balaban J connectivity index is 0.00000364. The number of carbonyl (C=O) groups excluding carboxylic acids is 1. The van der Waals surface area contributed by atoms with Crippen LogP contribution in [0.4, 0.5) is 8.78 Å². The van der Waals surface area contributed by atoms with Gasteiger partial charge in [0.25, 0.3) is 0 Å². The van der Waals surface area contributed by atoms with E-state index in [2.05, 4.69) is 5.32 Å². The number of ether oxygens (including phenoxy) is 2. The lowest BCUT2D eigenvalue weighted by molar-refractivity contribution is -0.171. The van der Waals surface area contributed by atoms with Crippen LogP contribution in [-0.4, -0.2) is 48.5 Å². The number of aliphatic hydroxyl groups is 1. The summed E-state index contributed by atoms with van der Waals surface area (Å²) in [4.78, 5) is 12.4. The van der Waals surface area contributed by atoms with Gasteiger partial charge in [-0.3, -0.25) is 4.79 Å². The minimum Gasteiger partial charge on any atom is -0.491 e. The molecule has 154 valence electrons. The average Bonchev–Trinajstić information content (AvgIpc) is 2.60. The van der Waals surface area contributed by atoms with E-state index in [4.69, 9.17) is 15.2 Å². The zero-order valence-corrected chi connectivity index (χ0v) is 16.4. The van der Waals surface area contributed by atoms with Gasteiger partial charge in [0.15, 0.2) is 11.6 Å². The van der Waals surface area contributed by atoms with Gasteiger partial charge >= 0.3 is 0 Å². The van der Waals surface area contributed by atoms with Crippen LogP contribution < -0.4 is 15.8 Å². The highest BCUT2D eigenvalue weighted by Gasteiger charge is 2.62. The molecule has 1 amide bonds. The summed E-state index contributed by atoms with van der Waals surface area (Å²) in [6, 6.07) is 3.08. The molecule has 1 aliphatic carbocycles. The van der Waals surface area contributed by atoms with Gasteiger partial charge < -0.3 is 25.6 Å². The number of amides is 1. The molecule has 1 fully saturated rings. The highest BCUT2D eigenvalue weighted by Crippen LogP contribution is 2.49. The van der Waals surface area contributed by atoms with Crippen molar-refractivity contribution in [2.24, 2.45) is 11.1 Å². The van der Waals surface area contributed by atoms with E-state index in [9.17, 15) is 18.7 Å². The summed E-state index contributed by atoms with van der Waals surface area (Å²) >= 11 is 0. The van der Waals surface area contributed by atoms with Crippen molar-refractivity contribution in [1.29, 1.82) is 0 Å². The van der Waals surface area contributed by atoms with E-state index in [0.29, 0.717) is 13.0 Å². The molecule has 27 heavy (non-hydrogen) atoms. The van der Waals surface area contributed by atoms with Crippen LogP contribution in [0.2, 0.25) is 0 Å². The fourth-order valence-electron chi connectivity index (χ4n) is 3.01. The molecule has 9 heteroatoms. The van der Waals surface area contributed by atoms with Crippen molar-refractivity contribution in [2.75, 3.05) is 19.8 Å². The summed E-state index contributed by atoms with van der Waals surface area (Å²) in [7, 11) is 0. The first-order valence-electron chi connectivity index (χ1n) is 8.56. The molecule has 3 unspecified atom stereocenters. The highest BCUT2D eigenvalue weighted by atomic mass is 35.5. The lowest BCUT2D eigenvalue weighted by Crippen LogP contribution is -2.76. The number of aliphatic hydroxyl groups excluding tert-OH is 1. The number of benzene rings is 1. The number of hydrogen-bond acceptors (Lipinski definition) is 5. The van der Waals surface area contributed by atoms with Crippen molar-refractivity contribution in [3.8, 4) is 5.75 Å². The molecule has 6 nitrogen and oxygen atoms in total. The highest BCUT2D eigenvalue weighted by molar-refractivity contribution is 5.88. The maximum absolute atomic E-state index is 13.1. The van der Waals surface area contributed by atoms with Crippen LogP contribution in [0.5, 0.6) is 5.75 Å². The van der Waals surface area contributed by atoms with E-state index >= 15 is 0 Å². The molecule has 0 aromatic heterocycles. The molecular formula is C18H27ClF2N2O4. The van der Waals surface area contributed by atoms with Crippen LogP contribution in [0.1, 0.15) is 27.2 Å². The second-order valence-corrected chi connectivity index (χ2v) is 7.09. The standard InChI is InChI=1S/C18H26F2N2O4.ClH/c1-4-25-15-8-18(21,17(15,2)3)16(24)22-9-11(23)10-26-12-5-6-13(19)14(20)7-12;/h5-7,11,15,23H,4,8-10,21H2,1-3H3,(H,22,24);1H. The molecule has 1 saturated carbocycles. The molecule has 0 heterocycles. The molecule has 0 spiro atoms. The summed E-state index contributed by atoms with van der Waals surface area (Å²) in [5.74, 6) is -2.30. The first kappa shape index (κ1) is 23.6. The predicted molar refractivity (Wildman–Crippen MR) is 98.8 cm³/mol. The van der Waals surface area contributed by atoms with Crippen LogP contribution in [0.15, 0.2) is 18.2 Å². The van der Waals surface area contributed by atoms with E-state index in [0.717, 1.165) is 12.1 Å². The first-order valence-corrected chi connectivity index (χ1v) is 8.56. The molecule has 1 aromatic carbocycles. The Morgan fingerprint density at radius 2 is 2.07 bits per heavy atom. The van der Waals surface area contributed by atoms with Gasteiger partial charge in [0, 0.05) is 31.1 Å². The molecule has 1 aromatic rings. The van der Waals surface area contributed by atoms with Crippen molar-refractivity contribution in [3.63, 3.8) is 0 Å². The second-order valence-electron chi connectivity index (χ2n) is 7.09. The normalized spacial score (nSPS) is 24.3. The van der Waals surface area contributed by atoms with E-state index in [1.165, 1.54) is 6.07 Å². The van der Waals surface area contributed by atoms with Gasteiger partial charge in [0.1, 0.15) is 24.0 Å². The van der Waals surface area contributed by atoms with Crippen molar-refractivity contribution < 1.29 is 28.2 Å². The quantitative estimate of drug-likeness (QED) is 0.609. The average molecular weight is 409 g/mol. The third-order valence-electron chi connectivity index (χ3n) is 5.07. The van der Waals surface area contributed by atoms with Gasteiger partial charge in [-0.15, -0.1) is 12.4 Å². The van der Waals surface area contributed by atoms with Gasteiger partial charge in [0.05, 0.1) is 6.10 Å². The van der Waals surface area contributed by atoms with E-state index in [-0.39, 0.29) is 43.3 Å². The number of carbonyl (C=O) groups is 1. The van der Waals surface area contributed by atoms with E-state index in [1.54, 1.807) is 0 Å². The Morgan fingerprint density at radius 1 is 1.41 bits per heavy atom. The number of rotatable bonds is 8. The number of nitrogens with two attached hydrogens (primary N) is 1. The molecule has 0 bridgehead atoms. The smallest absolute Gasteiger partial charge is 0.240 e. The summed E-state index contributed by atoms with van der Waals surface area (Å²) < 4.78 is 36.7. The summed E-state index contributed by atoms with van der Waals surface area (Å²) in [6.07, 6.45) is -0.715. The maximum Gasteiger partial charge on any atom is 0.240 e. The van der Waals surface area contributed by atoms with Gasteiger partial charge in [-0.05, 0) is 19.1 Å². The Morgan fingerprint density at radius 3 is 2.63 bits per heavy atom. The molecule has 0 saturated heterocycles. The Kier molecular flexibility index (Phi) is 7.98. The molecule has 0 aliphatic heterocycles. The molecule has 4 N–H and O–H groups in total. The number of halogens is 3. The van der Waals surface area contributed by atoms with Crippen molar-refractivity contribution >= 4 is 18.3 Å². The fraction of sp³-hybridized carbons (Fsp3) is 0.611. The lowest BCUT2D eigenvalue weighted by Gasteiger charge is -2.57. The Bertz CT molecular complexity index is 662. The van der Waals surface area contributed by atoms with Gasteiger partial charge in [0.2, 0.25) is 5.91 Å². The third-order valence-corrected chi connectivity index (χ3v) is 5.07. The number of nitrogens with one attached hydrogen (secondary N) is 1. The van der Waals surface area contributed by atoms with Gasteiger partial charge in [-0.1, -0.05) is 13.8 Å². The van der Waals surface area contributed by atoms with E-state index < -0.39 is 28.7 Å². The Labute approximate surface area is 163 Å². The topological polar surface area (TPSA) is 93.8 Å². The van der Waals surface area contributed by atoms with Crippen LogP contribution in [0, 0.1) is 17.0 Å². The van der Waals surface area contributed by atoms with Crippen molar-refractivity contribution in [1.82, 2.24) is 5.32 Å². The van der Waals surface area contributed by atoms with Gasteiger partial charge in [-0.2, -0.15) is 0 Å². The zero-order chi connectivity index (χ0) is 19.5. The van der Waals surface area contributed by atoms with Crippen LogP contribution in [0.3, 0.4) is 0 Å². The van der Waals surface area contributed by atoms with Crippen LogP contribution >= 0.6 is 12.4 Å². The monoisotopic (exact) mass is 408 g/mol. The van der Waals surface area contributed by atoms with Gasteiger partial charge in [-0.25, -0.2) is 8.78 Å². The summed E-state index contributed by atoms with van der Waals surface area (Å²) in [6.45, 7) is 5.92. The summed E-state index contributed by atoms with van der Waals surface area (Å²) in [5.41, 5.74) is 4.64. The molecule has 0 radical (unpaired) electrons. The zero-order valence-electron chi connectivity index (χ0n) is 15.6. The van der Waals surface area contributed by atoms with Crippen LogP contribution in [0.25, 0.3) is 0 Å². The molecule has 2 rings (SSSR count). The summed E-state index contributed by atoms with van der Waals surface area (Å²) in [5, 5.41) is 12.5. The molecule has 3 atom stereocenters. The molecular weight excluding hydrogens is 382 g/mol. The number of hydrogen-bond donors (Lipinski definition) is 3. The maximum atomic E-state index is 13.1.